The van der Waals surface area contributed by atoms with Crippen molar-refractivity contribution in [2.45, 2.75) is 70.6 Å². The van der Waals surface area contributed by atoms with Gasteiger partial charge in [-0.05, 0) is 26.2 Å². The Hall–Kier alpha value is -0.870. The minimum absolute atomic E-state index is 0.0571. The number of rotatable bonds is 6. The SMILES string of the molecule is CCCn1cc(C(N)C2(OCC)CCCCC2)cn1. The Morgan fingerprint density at radius 2 is 2.11 bits per heavy atom. The largest absolute Gasteiger partial charge is 0.373 e. The Bertz CT molecular complexity index is 377. The van der Waals surface area contributed by atoms with E-state index in [1.807, 2.05) is 10.9 Å². The molecular formula is C15H27N3O. The molecule has 0 radical (unpaired) electrons. The zero-order valence-corrected chi connectivity index (χ0v) is 12.3. The molecule has 4 heteroatoms. The topological polar surface area (TPSA) is 53.1 Å². The molecule has 1 aliphatic carbocycles. The number of nitrogens with zero attached hydrogens (tertiary/aromatic N) is 2. The molecule has 0 amide bonds. The van der Waals surface area contributed by atoms with E-state index in [9.17, 15) is 0 Å². The van der Waals surface area contributed by atoms with Gasteiger partial charge in [0.15, 0.2) is 0 Å². The first-order valence-electron chi connectivity index (χ1n) is 7.63. The number of hydrogen-bond donors (Lipinski definition) is 1. The van der Waals surface area contributed by atoms with Gasteiger partial charge in [0.1, 0.15) is 0 Å². The van der Waals surface area contributed by atoms with Crippen molar-refractivity contribution in [1.29, 1.82) is 0 Å². The van der Waals surface area contributed by atoms with Gasteiger partial charge < -0.3 is 10.5 Å². The molecule has 1 aromatic rings. The fourth-order valence-electron chi connectivity index (χ4n) is 3.18. The maximum Gasteiger partial charge on any atom is 0.0875 e. The summed E-state index contributed by atoms with van der Waals surface area (Å²) in [7, 11) is 0. The van der Waals surface area contributed by atoms with Crippen LogP contribution in [0.25, 0.3) is 0 Å². The van der Waals surface area contributed by atoms with E-state index in [1.165, 1.54) is 19.3 Å². The second kappa shape index (κ2) is 6.53. The molecule has 0 aromatic carbocycles. The molecule has 108 valence electrons. The highest BCUT2D eigenvalue weighted by Crippen LogP contribution is 2.40. The first kappa shape index (κ1) is 14.5. The van der Waals surface area contributed by atoms with Gasteiger partial charge >= 0.3 is 0 Å². The minimum atomic E-state index is -0.174. The maximum absolute atomic E-state index is 6.52. The van der Waals surface area contributed by atoms with E-state index in [1.54, 1.807) is 0 Å². The zero-order valence-electron chi connectivity index (χ0n) is 12.3. The van der Waals surface area contributed by atoms with E-state index in [4.69, 9.17) is 10.5 Å². The van der Waals surface area contributed by atoms with Gasteiger partial charge in [-0.2, -0.15) is 5.10 Å². The molecule has 0 saturated heterocycles. The van der Waals surface area contributed by atoms with Crippen molar-refractivity contribution in [2.75, 3.05) is 6.61 Å². The van der Waals surface area contributed by atoms with Crippen LogP contribution in [0.15, 0.2) is 12.4 Å². The van der Waals surface area contributed by atoms with E-state index in [2.05, 4.69) is 25.1 Å². The van der Waals surface area contributed by atoms with Crippen molar-refractivity contribution in [3.05, 3.63) is 18.0 Å². The molecule has 0 bridgehead atoms. The minimum Gasteiger partial charge on any atom is -0.373 e. The molecule has 1 aliphatic rings. The summed E-state index contributed by atoms with van der Waals surface area (Å²) in [5.74, 6) is 0. The molecule has 1 heterocycles. The summed E-state index contributed by atoms with van der Waals surface area (Å²) in [6, 6.07) is -0.0571. The summed E-state index contributed by atoms with van der Waals surface area (Å²) in [6.45, 7) is 5.90. The smallest absolute Gasteiger partial charge is 0.0875 e. The third-order valence-electron chi connectivity index (χ3n) is 4.16. The molecule has 19 heavy (non-hydrogen) atoms. The Morgan fingerprint density at radius 3 is 2.74 bits per heavy atom. The third kappa shape index (κ3) is 3.18. The van der Waals surface area contributed by atoms with Gasteiger partial charge in [0.25, 0.3) is 0 Å². The van der Waals surface area contributed by atoms with Gasteiger partial charge in [0, 0.05) is 24.9 Å². The highest BCUT2D eigenvalue weighted by Gasteiger charge is 2.39. The molecule has 2 N–H and O–H groups in total. The van der Waals surface area contributed by atoms with Crippen LogP contribution in [0, 0.1) is 0 Å². The van der Waals surface area contributed by atoms with Crippen LogP contribution >= 0.6 is 0 Å². The first-order chi connectivity index (χ1) is 9.22. The van der Waals surface area contributed by atoms with E-state index in [0.29, 0.717) is 0 Å². The summed E-state index contributed by atoms with van der Waals surface area (Å²) in [4.78, 5) is 0. The molecule has 4 nitrogen and oxygen atoms in total. The zero-order chi connectivity index (χ0) is 13.7. The number of hydrogen-bond acceptors (Lipinski definition) is 3. The quantitative estimate of drug-likeness (QED) is 0.860. The fraction of sp³-hybridized carbons (Fsp3) is 0.800. The lowest BCUT2D eigenvalue weighted by Gasteiger charge is -2.41. The lowest BCUT2D eigenvalue weighted by Crippen LogP contribution is -2.45. The van der Waals surface area contributed by atoms with Crippen LogP contribution in [-0.4, -0.2) is 22.0 Å². The van der Waals surface area contributed by atoms with Gasteiger partial charge in [-0.15, -0.1) is 0 Å². The Labute approximate surface area is 116 Å². The van der Waals surface area contributed by atoms with Gasteiger partial charge in [-0.3, -0.25) is 4.68 Å². The van der Waals surface area contributed by atoms with Gasteiger partial charge in [0.05, 0.1) is 17.8 Å². The first-order valence-corrected chi connectivity index (χ1v) is 7.63. The highest BCUT2D eigenvalue weighted by atomic mass is 16.5. The van der Waals surface area contributed by atoms with Crippen molar-refractivity contribution in [3.8, 4) is 0 Å². The van der Waals surface area contributed by atoms with Crippen molar-refractivity contribution < 1.29 is 4.74 Å². The maximum atomic E-state index is 6.52. The third-order valence-corrected chi connectivity index (χ3v) is 4.16. The Kier molecular flexibility index (Phi) is 4.99. The molecule has 0 aliphatic heterocycles. The van der Waals surface area contributed by atoms with Gasteiger partial charge in [-0.1, -0.05) is 26.2 Å². The summed E-state index contributed by atoms with van der Waals surface area (Å²) >= 11 is 0. The van der Waals surface area contributed by atoms with Crippen LogP contribution in [0.1, 0.15) is 64.0 Å². The van der Waals surface area contributed by atoms with Crippen molar-refractivity contribution in [3.63, 3.8) is 0 Å². The molecule has 1 unspecified atom stereocenters. The molecule has 1 atom stereocenters. The van der Waals surface area contributed by atoms with Gasteiger partial charge in [0.2, 0.25) is 0 Å². The van der Waals surface area contributed by atoms with Crippen molar-refractivity contribution in [1.82, 2.24) is 9.78 Å². The second-order valence-electron chi connectivity index (χ2n) is 5.57. The highest BCUT2D eigenvalue weighted by molar-refractivity contribution is 5.16. The number of aryl methyl sites for hydroxylation is 1. The predicted molar refractivity (Wildman–Crippen MR) is 76.9 cm³/mol. The number of nitrogens with two attached hydrogens (primary N) is 1. The normalized spacial score (nSPS) is 20.4. The molecule has 0 spiro atoms. The lowest BCUT2D eigenvalue weighted by atomic mass is 9.77. The summed E-state index contributed by atoms with van der Waals surface area (Å²) in [6.07, 6.45) is 11.0. The van der Waals surface area contributed by atoms with Crippen LogP contribution in [0.2, 0.25) is 0 Å². The second-order valence-corrected chi connectivity index (χ2v) is 5.57. The molecular weight excluding hydrogens is 238 g/mol. The summed E-state index contributed by atoms with van der Waals surface area (Å²) in [5, 5.41) is 4.39. The summed E-state index contributed by atoms with van der Waals surface area (Å²) in [5.41, 5.74) is 7.46. The average molecular weight is 265 g/mol. The van der Waals surface area contributed by atoms with Crippen LogP contribution in [-0.2, 0) is 11.3 Å². The van der Waals surface area contributed by atoms with Crippen molar-refractivity contribution in [2.24, 2.45) is 5.73 Å². The van der Waals surface area contributed by atoms with Crippen LogP contribution < -0.4 is 5.73 Å². The van der Waals surface area contributed by atoms with E-state index in [0.717, 1.165) is 38.0 Å². The number of aromatic nitrogens is 2. The fourth-order valence-corrected chi connectivity index (χ4v) is 3.18. The van der Waals surface area contributed by atoms with Gasteiger partial charge in [-0.25, -0.2) is 0 Å². The molecule has 2 rings (SSSR count). The molecule has 1 aromatic heterocycles. The van der Waals surface area contributed by atoms with E-state index >= 15 is 0 Å². The Balaban J connectivity index is 2.15. The Morgan fingerprint density at radius 1 is 1.37 bits per heavy atom. The van der Waals surface area contributed by atoms with E-state index < -0.39 is 0 Å². The average Bonchev–Trinajstić information content (AvgIpc) is 2.88. The van der Waals surface area contributed by atoms with Crippen LogP contribution in [0.3, 0.4) is 0 Å². The molecule has 1 fully saturated rings. The summed E-state index contributed by atoms with van der Waals surface area (Å²) < 4.78 is 8.08. The van der Waals surface area contributed by atoms with E-state index in [-0.39, 0.29) is 11.6 Å². The van der Waals surface area contributed by atoms with Crippen LogP contribution in [0.5, 0.6) is 0 Å². The van der Waals surface area contributed by atoms with Crippen molar-refractivity contribution >= 4 is 0 Å². The lowest BCUT2D eigenvalue weighted by molar-refractivity contribution is -0.0831. The molecule has 1 saturated carbocycles. The monoisotopic (exact) mass is 265 g/mol. The van der Waals surface area contributed by atoms with Crippen LogP contribution in [0.4, 0.5) is 0 Å². The number of ether oxygens (including phenoxy) is 1. The standard InChI is InChI=1S/C15H27N3O/c1-3-10-18-12-13(11-17-18)14(16)15(19-4-2)8-6-5-7-9-15/h11-12,14H,3-10,16H2,1-2H3. The predicted octanol–water partition coefficient (Wildman–Crippen LogP) is 3.03.